The Bertz CT molecular complexity index is 908. The lowest BCUT2D eigenvalue weighted by molar-refractivity contribution is -0.00559. The van der Waals surface area contributed by atoms with Gasteiger partial charge in [0.2, 0.25) is 0 Å². The number of aromatic nitrogens is 4. The summed E-state index contributed by atoms with van der Waals surface area (Å²) in [5.74, 6) is -2.15. The van der Waals surface area contributed by atoms with E-state index in [0.29, 0.717) is 5.65 Å². The van der Waals surface area contributed by atoms with Gasteiger partial charge in [-0.3, -0.25) is 5.10 Å². The maximum Gasteiger partial charge on any atom is 0.285 e. The monoisotopic (exact) mass is 372 g/mol. The summed E-state index contributed by atoms with van der Waals surface area (Å²) in [7, 11) is 0. The topological polar surface area (TPSA) is 78.5 Å². The minimum Gasteiger partial charge on any atom is -0.367 e. The van der Waals surface area contributed by atoms with Crippen molar-refractivity contribution in [2.45, 2.75) is 44.2 Å². The second-order valence-corrected chi connectivity index (χ2v) is 7.16. The Kier molecular flexibility index (Phi) is 4.73. The number of benzene rings is 1. The lowest BCUT2D eigenvalue weighted by Crippen LogP contribution is -2.37. The number of alkyl halides is 2. The summed E-state index contributed by atoms with van der Waals surface area (Å²) in [6.45, 7) is 1.54. The summed E-state index contributed by atoms with van der Waals surface area (Å²) in [5.41, 5.74) is 1.71. The first-order valence-corrected chi connectivity index (χ1v) is 9.10. The summed E-state index contributed by atoms with van der Waals surface area (Å²) >= 11 is 0. The number of fused-ring (bicyclic) bond motifs is 1. The molecule has 1 aliphatic rings. The van der Waals surface area contributed by atoms with E-state index in [1.807, 2.05) is 6.92 Å². The summed E-state index contributed by atoms with van der Waals surface area (Å²) in [6.07, 6.45) is 5.69. The van der Waals surface area contributed by atoms with Gasteiger partial charge in [0, 0.05) is 17.6 Å². The zero-order valence-corrected chi connectivity index (χ0v) is 15.0. The number of hydrogen-bond acceptors (Lipinski definition) is 5. The van der Waals surface area contributed by atoms with Crippen molar-refractivity contribution in [3.8, 4) is 0 Å². The van der Waals surface area contributed by atoms with Crippen LogP contribution in [0, 0.1) is 6.92 Å². The third-order valence-electron chi connectivity index (χ3n) is 5.11. The van der Waals surface area contributed by atoms with Gasteiger partial charge >= 0.3 is 0 Å². The highest BCUT2D eigenvalue weighted by atomic mass is 19.3. The summed E-state index contributed by atoms with van der Waals surface area (Å²) < 4.78 is 28.8. The predicted molar refractivity (Wildman–Crippen MR) is 99.8 cm³/mol. The molecular formula is C19H22F2N6. The van der Waals surface area contributed by atoms with E-state index < -0.39 is 5.92 Å². The minimum atomic E-state index is -2.88. The largest absolute Gasteiger partial charge is 0.367 e. The van der Waals surface area contributed by atoms with Crippen LogP contribution >= 0.6 is 0 Å². The van der Waals surface area contributed by atoms with Gasteiger partial charge in [-0.15, -0.1) is 0 Å². The van der Waals surface area contributed by atoms with Crippen LogP contribution < -0.4 is 10.6 Å². The average molecular weight is 372 g/mol. The van der Waals surface area contributed by atoms with Crippen LogP contribution in [-0.2, 0) is 5.92 Å². The van der Waals surface area contributed by atoms with Crippen molar-refractivity contribution in [3.05, 3.63) is 47.9 Å². The molecule has 2 heterocycles. The zero-order chi connectivity index (χ0) is 18.9. The first kappa shape index (κ1) is 17.8. The number of halogens is 2. The molecule has 0 spiro atoms. The number of nitrogens with zero attached hydrogens (tertiary/aromatic N) is 3. The Morgan fingerprint density at radius 3 is 2.74 bits per heavy atom. The standard InChI is InChI=1S/C19H22F2N6/c1-12-2-4-13(5-3-12)19(20,21)10-22-14-6-7-15(8-14)26-17-16-9-25-27-18(16)24-11-23-17/h2-5,9,11,14-15,22H,6-8,10H2,1H3,(H2,23,24,25,26,27)/t14?,15-/m0/s1. The van der Waals surface area contributed by atoms with Gasteiger partial charge in [0.05, 0.1) is 18.1 Å². The fraction of sp³-hybridized carbons (Fsp3) is 0.421. The molecule has 0 saturated heterocycles. The van der Waals surface area contributed by atoms with E-state index in [2.05, 4.69) is 30.8 Å². The molecule has 6 nitrogen and oxygen atoms in total. The van der Waals surface area contributed by atoms with E-state index in [-0.39, 0.29) is 24.2 Å². The second kappa shape index (κ2) is 7.19. The van der Waals surface area contributed by atoms with Crippen molar-refractivity contribution in [1.29, 1.82) is 0 Å². The van der Waals surface area contributed by atoms with Crippen LogP contribution in [0.15, 0.2) is 36.8 Å². The van der Waals surface area contributed by atoms with E-state index in [4.69, 9.17) is 0 Å². The van der Waals surface area contributed by atoms with Gasteiger partial charge in [-0.05, 0) is 26.2 Å². The smallest absolute Gasteiger partial charge is 0.285 e. The molecule has 0 amide bonds. The number of aryl methyl sites for hydroxylation is 1. The first-order chi connectivity index (χ1) is 13.0. The number of aromatic amines is 1. The molecule has 1 fully saturated rings. The molecule has 1 saturated carbocycles. The van der Waals surface area contributed by atoms with Gasteiger partial charge in [-0.25, -0.2) is 9.97 Å². The summed E-state index contributed by atoms with van der Waals surface area (Å²) in [5, 5.41) is 14.1. The SMILES string of the molecule is Cc1ccc(C(F)(F)CNC2CC[C@H](Nc3ncnc4[nH]ncc34)C2)cc1. The molecule has 142 valence electrons. The third kappa shape index (κ3) is 3.90. The molecule has 2 aromatic heterocycles. The van der Waals surface area contributed by atoms with Gasteiger partial charge in [0.1, 0.15) is 12.1 Å². The normalized spacial score (nSPS) is 20.3. The average Bonchev–Trinajstić information content (AvgIpc) is 3.30. The lowest BCUT2D eigenvalue weighted by Gasteiger charge is -2.21. The van der Waals surface area contributed by atoms with E-state index in [0.717, 1.165) is 36.0 Å². The van der Waals surface area contributed by atoms with Crippen LogP contribution in [0.5, 0.6) is 0 Å². The van der Waals surface area contributed by atoms with Crippen LogP contribution in [0.3, 0.4) is 0 Å². The van der Waals surface area contributed by atoms with Gasteiger partial charge in [0.15, 0.2) is 5.65 Å². The van der Waals surface area contributed by atoms with Crippen molar-refractivity contribution >= 4 is 16.9 Å². The van der Waals surface area contributed by atoms with Crippen LogP contribution in [0.2, 0.25) is 0 Å². The van der Waals surface area contributed by atoms with Crippen molar-refractivity contribution in [2.24, 2.45) is 0 Å². The molecule has 0 bridgehead atoms. The van der Waals surface area contributed by atoms with E-state index in [9.17, 15) is 8.78 Å². The quantitative estimate of drug-likeness (QED) is 0.618. The number of nitrogens with one attached hydrogen (secondary N) is 3. The summed E-state index contributed by atoms with van der Waals surface area (Å²) in [4.78, 5) is 8.39. The molecular weight excluding hydrogens is 350 g/mol. The van der Waals surface area contributed by atoms with Crippen molar-refractivity contribution in [2.75, 3.05) is 11.9 Å². The fourth-order valence-corrected chi connectivity index (χ4v) is 3.54. The van der Waals surface area contributed by atoms with E-state index in [1.165, 1.54) is 18.5 Å². The Morgan fingerprint density at radius 1 is 1.15 bits per heavy atom. The number of rotatable bonds is 6. The number of H-pyrrole nitrogens is 1. The fourth-order valence-electron chi connectivity index (χ4n) is 3.54. The van der Waals surface area contributed by atoms with Gasteiger partial charge in [0.25, 0.3) is 5.92 Å². The van der Waals surface area contributed by atoms with Gasteiger partial charge in [-0.1, -0.05) is 29.8 Å². The van der Waals surface area contributed by atoms with E-state index in [1.54, 1.807) is 18.3 Å². The molecule has 1 unspecified atom stereocenters. The summed E-state index contributed by atoms with van der Waals surface area (Å²) in [6, 6.07) is 6.68. The van der Waals surface area contributed by atoms with Crippen molar-refractivity contribution < 1.29 is 8.78 Å². The Morgan fingerprint density at radius 2 is 1.93 bits per heavy atom. The maximum absolute atomic E-state index is 14.4. The molecule has 27 heavy (non-hydrogen) atoms. The highest BCUT2D eigenvalue weighted by Crippen LogP contribution is 2.29. The molecule has 4 rings (SSSR count). The Balaban J connectivity index is 1.33. The molecule has 2 atom stereocenters. The zero-order valence-electron chi connectivity index (χ0n) is 15.0. The van der Waals surface area contributed by atoms with Crippen LogP contribution in [0.4, 0.5) is 14.6 Å². The highest BCUT2D eigenvalue weighted by Gasteiger charge is 2.33. The van der Waals surface area contributed by atoms with Crippen molar-refractivity contribution in [3.63, 3.8) is 0 Å². The van der Waals surface area contributed by atoms with E-state index >= 15 is 0 Å². The van der Waals surface area contributed by atoms with Crippen LogP contribution in [0.1, 0.15) is 30.4 Å². The van der Waals surface area contributed by atoms with Crippen LogP contribution in [-0.4, -0.2) is 38.8 Å². The molecule has 1 aliphatic carbocycles. The maximum atomic E-state index is 14.4. The lowest BCUT2D eigenvalue weighted by atomic mass is 10.1. The second-order valence-electron chi connectivity index (χ2n) is 7.16. The molecule has 3 aromatic rings. The molecule has 0 aliphatic heterocycles. The Hall–Kier alpha value is -2.61. The van der Waals surface area contributed by atoms with Gasteiger partial charge < -0.3 is 10.6 Å². The third-order valence-corrected chi connectivity index (χ3v) is 5.11. The molecule has 1 aromatic carbocycles. The Labute approximate surface area is 155 Å². The molecule has 0 radical (unpaired) electrons. The van der Waals surface area contributed by atoms with Crippen LogP contribution in [0.25, 0.3) is 11.0 Å². The number of hydrogen-bond donors (Lipinski definition) is 3. The van der Waals surface area contributed by atoms with Gasteiger partial charge in [-0.2, -0.15) is 13.9 Å². The minimum absolute atomic E-state index is 0.0524. The molecule has 3 N–H and O–H groups in total. The number of anilines is 1. The molecule has 8 heteroatoms. The predicted octanol–water partition coefficient (Wildman–Crippen LogP) is 3.38. The van der Waals surface area contributed by atoms with Crippen molar-refractivity contribution in [1.82, 2.24) is 25.5 Å². The first-order valence-electron chi connectivity index (χ1n) is 9.10. The highest BCUT2D eigenvalue weighted by molar-refractivity contribution is 5.85.